The van der Waals surface area contributed by atoms with Crippen molar-refractivity contribution in [2.45, 2.75) is 32.4 Å². The van der Waals surface area contributed by atoms with E-state index in [0.29, 0.717) is 17.5 Å². The number of nitrogens with one attached hydrogen (secondary N) is 1. The predicted octanol–water partition coefficient (Wildman–Crippen LogP) is 1.49. The van der Waals surface area contributed by atoms with Crippen LogP contribution in [0.2, 0.25) is 0 Å². The molecule has 0 spiro atoms. The quantitative estimate of drug-likeness (QED) is 0.846. The lowest BCUT2D eigenvalue weighted by molar-refractivity contribution is 0.0954. The Labute approximate surface area is 92.7 Å². The number of nitrogens with zero attached hydrogens (tertiary/aromatic N) is 1. The summed E-state index contributed by atoms with van der Waals surface area (Å²) >= 11 is 1.41. The highest BCUT2D eigenvalue weighted by molar-refractivity contribution is 7.13. The van der Waals surface area contributed by atoms with Crippen LogP contribution in [0.15, 0.2) is 0 Å². The molecule has 5 heteroatoms. The molecular weight excluding hydrogens is 212 g/mol. The summed E-state index contributed by atoms with van der Waals surface area (Å²) in [6.45, 7) is 2.33. The Bertz CT molecular complexity index is 371. The number of methoxy groups -OCH3 is 1. The van der Waals surface area contributed by atoms with Crippen molar-refractivity contribution in [2.24, 2.45) is 0 Å². The molecule has 0 aromatic carbocycles. The molecule has 82 valence electrons. The van der Waals surface area contributed by atoms with Crippen molar-refractivity contribution >= 4 is 17.2 Å². The first-order valence-electron chi connectivity index (χ1n) is 4.97. The van der Waals surface area contributed by atoms with E-state index in [1.165, 1.54) is 11.3 Å². The van der Waals surface area contributed by atoms with E-state index in [1.807, 2.05) is 6.92 Å². The number of aromatic nitrogens is 1. The highest BCUT2D eigenvalue weighted by Gasteiger charge is 2.25. The smallest absolute Gasteiger partial charge is 0.263 e. The van der Waals surface area contributed by atoms with Crippen LogP contribution in [0, 0.1) is 6.92 Å². The number of rotatable bonds is 4. The molecule has 0 bridgehead atoms. The molecule has 1 aromatic rings. The lowest BCUT2D eigenvalue weighted by Gasteiger charge is -1.99. The molecule has 0 radical (unpaired) electrons. The lowest BCUT2D eigenvalue weighted by atomic mass is 10.4. The topological polar surface area (TPSA) is 51.2 Å². The summed E-state index contributed by atoms with van der Waals surface area (Å²) in [6, 6.07) is 0.393. The van der Waals surface area contributed by atoms with Crippen molar-refractivity contribution in [1.82, 2.24) is 10.3 Å². The standard InChI is InChI=1S/C10H14N2O2S/c1-6-9(10(13)12-7-3-4-7)15-8(11-6)5-14-2/h7H,3-5H2,1-2H3,(H,12,13). The van der Waals surface area contributed by atoms with Gasteiger partial charge in [0.05, 0.1) is 12.3 Å². The Morgan fingerprint density at radius 3 is 3.00 bits per heavy atom. The first-order chi connectivity index (χ1) is 7.20. The summed E-state index contributed by atoms with van der Waals surface area (Å²) in [5.74, 6) is 0.00912. The number of hydrogen-bond acceptors (Lipinski definition) is 4. The van der Waals surface area contributed by atoms with Crippen LogP contribution < -0.4 is 5.32 Å². The van der Waals surface area contributed by atoms with Crippen LogP contribution in [0.25, 0.3) is 0 Å². The van der Waals surface area contributed by atoms with E-state index >= 15 is 0 Å². The molecule has 0 saturated heterocycles. The van der Waals surface area contributed by atoms with E-state index < -0.39 is 0 Å². The molecule has 4 nitrogen and oxygen atoms in total. The van der Waals surface area contributed by atoms with Gasteiger partial charge in [0.2, 0.25) is 0 Å². The van der Waals surface area contributed by atoms with Crippen molar-refractivity contribution in [1.29, 1.82) is 0 Å². The Hall–Kier alpha value is -0.940. The molecule has 0 unspecified atom stereocenters. The number of thiazole rings is 1. The summed E-state index contributed by atoms with van der Waals surface area (Å²) < 4.78 is 4.99. The first-order valence-corrected chi connectivity index (χ1v) is 5.78. The zero-order valence-corrected chi connectivity index (χ0v) is 9.69. The van der Waals surface area contributed by atoms with Crippen LogP contribution in [0.3, 0.4) is 0 Å². The summed E-state index contributed by atoms with van der Waals surface area (Å²) in [5, 5.41) is 3.81. The fourth-order valence-corrected chi connectivity index (χ4v) is 2.27. The highest BCUT2D eigenvalue weighted by atomic mass is 32.1. The average molecular weight is 226 g/mol. The molecule has 1 amide bonds. The average Bonchev–Trinajstić information content (AvgIpc) is 2.90. The Balaban J connectivity index is 2.08. The Morgan fingerprint density at radius 1 is 1.67 bits per heavy atom. The third-order valence-electron chi connectivity index (χ3n) is 2.23. The lowest BCUT2D eigenvalue weighted by Crippen LogP contribution is -2.25. The monoisotopic (exact) mass is 226 g/mol. The van der Waals surface area contributed by atoms with Gasteiger partial charge in [-0.05, 0) is 19.8 Å². The largest absolute Gasteiger partial charge is 0.378 e. The summed E-state index contributed by atoms with van der Waals surface area (Å²) in [7, 11) is 1.63. The van der Waals surface area contributed by atoms with Gasteiger partial charge < -0.3 is 10.1 Å². The molecule has 0 atom stereocenters. The van der Waals surface area contributed by atoms with Crippen LogP contribution in [0.5, 0.6) is 0 Å². The molecule has 1 N–H and O–H groups in total. The van der Waals surface area contributed by atoms with Crippen molar-refractivity contribution in [3.63, 3.8) is 0 Å². The third kappa shape index (κ3) is 2.54. The molecule has 1 aliphatic carbocycles. The highest BCUT2D eigenvalue weighted by Crippen LogP contribution is 2.22. The fraction of sp³-hybridized carbons (Fsp3) is 0.600. The number of carbonyl (C=O) groups is 1. The van der Waals surface area contributed by atoms with E-state index in [4.69, 9.17) is 4.74 Å². The molecule has 1 heterocycles. The van der Waals surface area contributed by atoms with Gasteiger partial charge in [0.25, 0.3) is 5.91 Å². The van der Waals surface area contributed by atoms with Crippen molar-refractivity contribution < 1.29 is 9.53 Å². The van der Waals surface area contributed by atoms with Gasteiger partial charge in [-0.25, -0.2) is 4.98 Å². The Kier molecular flexibility index (Phi) is 3.02. The minimum atomic E-state index is 0.00912. The zero-order valence-electron chi connectivity index (χ0n) is 8.87. The van der Waals surface area contributed by atoms with E-state index in [0.717, 1.165) is 23.5 Å². The summed E-state index contributed by atoms with van der Waals surface area (Å²) in [4.78, 5) is 16.8. The summed E-state index contributed by atoms with van der Waals surface area (Å²) in [5.41, 5.74) is 0.796. The minimum absolute atomic E-state index is 0.00912. The second kappa shape index (κ2) is 4.28. The van der Waals surface area contributed by atoms with Gasteiger partial charge in [-0.3, -0.25) is 4.79 Å². The van der Waals surface area contributed by atoms with Crippen molar-refractivity contribution in [3.8, 4) is 0 Å². The van der Waals surface area contributed by atoms with Gasteiger partial charge in [0.1, 0.15) is 9.88 Å². The normalized spacial score (nSPS) is 15.3. The van der Waals surface area contributed by atoms with Crippen LogP contribution in [-0.4, -0.2) is 24.0 Å². The fourth-order valence-electron chi connectivity index (χ4n) is 1.33. The molecule has 1 aliphatic rings. The third-order valence-corrected chi connectivity index (χ3v) is 3.36. The SMILES string of the molecule is COCc1nc(C)c(C(=O)NC2CC2)s1. The van der Waals surface area contributed by atoms with Gasteiger partial charge in [-0.1, -0.05) is 0 Å². The summed E-state index contributed by atoms with van der Waals surface area (Å²) in [6.07, 6.45) is 2.21. The molecule has 15 heavy (non-hydrogen) atoms. The number of amides is 1. The van der Waals surface area contributed by atoms with Gasteiger partial charge in [-0.15, -0.1) is 11.3 Å². The molecule has 1 aromatic heterocycles. The second-order valence-electron chi connectivity index (χ2n) is 3.70. The number of aryl methyl sites for hydroxylation is 1. The molecule has 1 fully saturated rings. The van der Waals surface area contributed by atoms with Crippen LogP contribution in [0.4, 0.5) is 0 Å². The van der Waals surface area contributed by atoms with E-state index in [-0.39, 0.29) is 5.91 Å². The number of ether oxygens (including phenoxy) is 1. The molecule has 2 rings (SSSR count). The maximum Gasteiger partial charge on any atom is 0.263 e. The van der Waals surface area contributed by atoms with Gasteiger partial charge in [0.15, 0.2) is 0 Å². The van der Waals surface area contributed by atoms with Gasteiger partial charge in [0, 0.05) is 13.2 Å². The van der Waals surface area contributed by atoms with Crippen molar-refractivity contribution in [3.05, 3.63) is 15.6 Å². The predicted molar refractivity (Wildman–Crippen MR) is 58.1 cm³/mol. The van der Waals surface area contributed by atoms with Gasteiger partial charge in [-0.2, -0.15) is 0 Å². The number of carbonyl (C=O) groups excluding carboxylic acids is 1. The molecular formula is C10H14N2O2S. The van der Waals surface area contributed by atoms with Crippen molar-refractivity contribution in [2.75, 3.05) is 7.11 Å². The van der Waals surface area contributed by atoms with E-state index in [1.54, 1.807) is 7.11 Å². The Morgan fingerprint density at radius 2 is 2.40 bits per heavy atom. The zero-order chi connectivity index (χ0) is 10.8. The second-order valence-corrected chi connectivity index (χ2v) is 4.79. The van der Waals surface area contributed by atoms with Crippen LogP contribution in [0.1, 0.15) is 33.2 Å². The van der Waals surface area contributed by atoms with Crippen LogP contribution >= 0.6 is 11.3 Å². The first kappa shape index (κ1) is 10.6. The van der Waals surface area contributed by atoms with Crippen LogP contribution in [-0.2, 0) is 11.3 Å². The van der Waals surface area contributed by atoms with Gasteiger partial charge >= 0.3 is 0 Å². The molecule has 0 aliphatic heterocycles. The van der Waals surface area contributed by atoms with E-state index in [9.17, 15) is 4.79 Å². The maximum atomic E-state index is 11.8. The van der Waals surface area contributed by atoms with E-state index in [2.05, 4.69) is 10.3 Å². The number of hydrogen-bond donors (Lipinski definition) is 1. The minimum Gasteiger partial charge on any atom is -0.378 e. The maximum absolute atomic E-state index is 11.8. The molecule has 1 saturated carbocycles.